The van der Waals surface area contributed by atoms with Crippen LogP contribution in [0.1, 0.15) is 20.3 Å². The van der Waals surface area contributed by atoms with Crippen LogP contribution in [0.5, 0.6) is 0 Å². The predicted molar refractivity (Wildman–Crippen MR) is 53.0 cm³/mol. The summed E-state index contributed by atoms with van der Waals surface area (Å²) in [5.74, 6) is 4.42. The lowest BCUT2D eigenvalue weighted by atomic mass is 10.4. The van der Waals surface area contributed by atoms with Gasteiger partial charge in [-0.1, -0.05) is 25.0 Å². The minimum Gasteiger partial charge on any atom is -0.147 e. The van der Waals surface area contributed by atoms with Crippen LogP contribution in [0.2, 0.25) is 16.4 Å². The second kappa shape index (κ2) is 16.2. The highest BCUT2D eigenvalue weighted by Gasteiger charge is 1.81. The molecule has 0 nitrogen and oxygen atoms in total. The molecule has 0 aromatic rings. The van der Waals surface area contributed by atoms with Gasteiger partial charge in [0.05, 0.1) is 0 Å². The van der Waals surface area contributed by atoms with Gasteiger partial charge in [0.15, 0.2) is 15.2 Å². The van der Waals surface area contributed by atoms with Crippen LogP contribution in [0.3, 0.4) is 0 Å². The fraction of sp³-hybridized carbons (Fsp3) is 1.00. The van der Waals surface area contributed by atoms with Gasteiger partial charge in [-0.15, -0.1) is 24.0 Å². The normalized spacial score (nSPS) is 9.78. The van der Waals surface area contributed by atoms with Gasteiger partial charge in [0, 0.05) is 0 Å². The van der Waals surface area contributed by atoms with E-state index in [1.807, 2.05) is 0 Å². The van der Waals surface area contributed by atoms with E-state index < -0.39 is 0 Å². The number of hydrogen-bond acceptors (Lipinski definition) is 0. The van der Waals surface area contributed by atoms with Crippen molar-refractivity contribution in [2.75, 3.05) is 0 Å². The minimum absolute atomic E-state index is 0. The van der Waals surface area contributed by atoms with E-state index in [1.54, 1.807) is 0 Å². The standard InChI is InChI=1S/C4H9.2CH3.2Al.ClH.2H/c1-3-4-2;;;;;;;/h3H,4H2,1-2H3;2*1H3;;;1H;;. The third kappa shape index (κ3) is 45.0. The monoisotopic (exact) mass is 179 g/mol. The Morgan fingerprint density at radius 1 is 1.44 bits per heavy atom. The van der Waals surface area contributed by atoms with E-state index in [0.29, 0.717) is 0 Å². The Labute approximate surface area is 80.3 Å². The van der Waals surface area contributed by atoms with Gasteiger partial charge in [-0.05, 0) is 0 Å². The molecule has 1 atom stereocenters. The highest BCUT2D eigenvalue weighted by Crippen LogP contribution is 1.97. The largest absolute Gasteiger partial charge is 0.215 e. The molecular weight excluding hydrogens is 161 g/mol. The molecule has 0 spiro atoms. The summed E-state index contributed by atoms with van der Waals surface area (Å²) in [5.41, 5.74) is 0. The molecule has 55 valence electrons. The molecule has 3 heteroatoms. The van der Waals surface area contributed by atoms with E-state index >= 15 is 0 Å². The molecule has 0 aromatic heterocycles. The molecule has 0 heterocycles. The first kappa shape index (κ1) is 16.8. The van der Waals surface area contributed by atoms with Crippen LogP contribution in [0.15, 0.2) is 0 Å². The topological polar surface area (TPSA) is 0 Å². The summed E-state index contributed by atoms with van der Waals surface area (Å²) in [6, 6.07) is 0. The summed E-state index contributed by atoms with van der Waals surface area (Å²) in [5, 5.41) is 0. The van der Waals surface area contributed by atoms with Gasteiger partial charge >= 0.3 is 0 Å². The summed E-state index contributed by atoms with van der Waals surface area (Å²) in [7, 11) is 0. The van der Waals surface area contributed by atoms with Crippen molar-refractivity contribution in [3.8, 4) is 0 Å². The van der Waals surface area contributed by atoms with Crippen molar-refractivity contribution in [3.63, 3.8) is 0 Å². The number of rotatable bonds is 1. The highest BCUT2D eigenvalue weighted by molar-refractivity contribution is 6.31. The van der Waals surface area contributed by atoms with E-state index in [9.17, 15) is 0 Å². The lowest BCUT2D eigenvalue weighted by Crippen LogP contribution is -1.76. The van der Waals surface area contributed by atoms with E-state index in [1.165, 1.54) is 22.7 Å². The van der Waals surface area contributed by atoms with Gasteiger partial charge in [-0.25, -0.2) is 0 Å². The van der Waals surface area contributed by atoms with Gasteiger partial charge < -0.3 is 0 Å². The van der Waals surface area contributed by atoms with Crippen LogP contribution in [-0.4, -0.2) is 31.5 Å². The minimum atomic E-state index is 0. The molecule has 0 aromatic carbocycles. The molecule has 0 aliphatic carbocycles. The summed E-state index contributed by atoms with van der Waals surface area (Å²) < 4.78 is 1.02. The second-order valence-corrected chi connectivity index (χ2v) is 5.51. The van der Waals surface area contributed by atoms with E-state index in [2.05, 4.69) is 25.4 Å². The van der Waals surface area contributed by atoms with Gasteiger partial charge in [0.1, 0.15) is 0 Å². The molecule has 0 aliphatic rings. The molecular formula is C6H18Al2Cl. The van der Waals surface area contributed by atoms with Crippen LogP contribution in [-0.2, 0) is 0 Å². The van der Waals surface area contributed by atoms with Crippen LogP contribution < -0.4 is 0 Å². The van der Waals surface area contributed by atoms with Crippen molar-refractivity contribution in [1.29, 1.82) is 0 Å². The Balaban J connectivity index is -0.0000000800. The molecule has 0 fully saturated rings. The number of hydrogen-bond donors (Lipinski definition) is 0. The zero-order valence-electron chi connectivity index (χ0n) is 7.27. The van der Waals surface area contributed by atoms with Crippen LogP contribution in [0, 0.1) is 0 Å². The predicted octanol–water partition coefficient (Wildman–Crippen LogP) is 2.05. The maximum Gasteiger partial charge on any atom is 0.215 e. The van der Waals surface area contributed by atoms with Gasteiger partial charge in [0.25, 0.3) is 0 Å². The average Bonchev–Trinajstić information content (AvgIpc) is 1.69. The third-order valence-electron chi connectivity index (χ3n) is 0.816. The van der Waals surface area contributed by atoms with E-state index in [0.717, 1.165) is 20.0 Å². The Kier molecular flexibility index (Phi) is 30.1. The number of halogens is 1. The van der Waals surface area contributed by atoms with Crippen molar-refractivity contribution < 1.29 is 0 Å². The maximum atomic E-state index is 2.28. The van der Waals surface area contributed by atoms with Crippen LogP contribution in [0.25, 0.3) is 0 Å². The maximum absolute atomic E-state index is 2.28. The Morgan fingerprint density at radius 3 is 1.56 bits per heavy atom. The summed E-state index contributed by atoms with van der Waals surface area (Å²) in [6.45, 7) is 4.52. The van der Waals surface area contributed by atoms with Crippen molar-refractivity contribution in [1.82, 2.24) is 0 Å². The van der Waals surface area contributed by atoms with Crippen molar-refractivity contribution in [2.24, 2.45) is 0 Å². The first-order valence-corrected chi connectivity index (χ1v) is 6.89. The molecule has 0 rings (SSSR count). The van der Waals surface area contributed by atoms with E-state index in [4.69, 9.17) is 0 Å². The van der Waals surface area contributed by atoms with Crippen LogP contribution in [0.4, 0.5) is 0 Å². The smallest absolute Gasteiger partial charge is 0.147 e. The van der Waals surface area contributed by atoms with E-state index in [-0.39, 0.29) is 12.4 Å². The van der Waals surface area contributed by atoms with Gasteiger partial charge in [0.2, 0.25) is 16.3 Å². The van der Waals surface area contributed by atoms with Crippen LogP contribution >= 0.6 is 12.4 Å². The molecule has 1 radical (unpaired) electrons. The second-order valence-electron chi connectivity index (χ2n) is 2.38. The molecule has 0 bridgehead atoms. The average molecular weight is 180 g/mol. The lowest BCUT2D eigenvalue weighted by molar-refractivity contribution is 0.880. The Hall–Kier alpha value is 1.35. The Morgan fingerprint density at radius 2 is 1.56 bits per heavy atom. The molecule has 0 saturated carbocycles. The van der Waals surface area contributed by atoms with Crippen molar-refractivity contribution in [2.45, 2.75) is 36.6 Å². The fourth-order valence-electron chi connectivity index (χ4n) is 0. The first-order chi connectivity index (χ1) is 3.68. The fourth-order valence-corrected chi connectivity index (χ4v) is 0. The molecule has 1 unspecified atom stereocenters. The van der Waals surface area contributed by atoms with Crippen molar-refractivity contribution in [3.05, 3.63) is 0 Å². The zero-order chi connectivity index (χ0) is 6.99. The summed E-state index contributed by atoms with van der Waals surface area (Å²) in [6.07, 6.45) is 1.37. The quantitative estimate of drug-likeness (QED) is 0.541. The summed E-state index contributed by atoms with van der Waals surface area (Å²) >= 11 is 2.12. The van der Waals surface area contributed by atoms with Gasteiger partial charge in [-0.3, -0.25) is 0 Å². The SMILES string of the molecule is CC[CH](C)[AlH2].Cl.[CH3][Al][CH3]. The van der Waals surface area contributed by atoms with Crippen molar-refractivity contribution >= 4 is 43.9 Å². The molecule has 0 aliphatic heterocycles. The summed E-state index contributed by atoms with van der Waals surface area (Å²) in [4.78, 5) is 0. The molecule has 0 amide bonds. The highest BCUT2D eigenvalue weighted by atomic mass is 35.5. The molecule has 0 saturated heterocycles. The molecule has 0 N–H and O–H groups in total. The Bertz CT molecular complexity index is 32.2. The third-order valence-corrected chi connectivity index (χ3v) is 1.63. The van der Waals surface area contributed by atoms with Gasteiger partial charge in [-0.2, -0.15) is 0 Å². The lowest BCUT2D eigenvalue weighted by Gasteiger charge is -1.89. The zero-order valence-corrected chi connectivity index (χ0v) is 11.2. The molecule has 9 heavy (non-hydrogen) atoms. The first-order valence-electron chi connectivity index (χ1n) is 3.42.